The number of carbonyl (C=O) groups is 3. The van der Waals surface area contributed by atoms with Crippen LogP contribution in [0, 0.1) is 3.57 Å². The Bertz CT molecular complexity index is 1220. The molecule has 33 heavy (non-hydrogen) atoms. The van der Waals surface area contributed by atoms with Crippen LogP contribution in [0.2, 0.25) is 0 Å². The van der Waals surface area contributed by atoms with E-state index >= 15 is 0 Å². The zero-order chi connectivity index (χ0) is 24.0. The molecule has 2 amide bonds. The highest BCUT2D eigenvalue weighted by Crippen LogP contribution is 2.39. The van der Waals surface area contributed by atoms with E-state index in [-0.39, 0.29) is 23.0 Å². The number of anilines is 1. The minimum absolute atomic E-state index is 0.0223. The van der Waals surface area contributed by atoms with E-state index in [1.54, 1.807) is 30.3 Å². The molecule has 0 unspecified atom stereocenters. The average Bonchev–Trinajstić information content (AvgIpc) is 3.02. The Morgan fingerprint density at radius 3 is 2.48 bits per heavy atom. The summed E-state index contributed by atoms with van der Waals surface area (Å²) in [6, 6.07) is 11.5. The molecule has 1 aromatic heterocycles. The van der Waals surface area contributed by atoms with Crippen molar-refractivity contribution in [1.82, 2.24) is 4.57 Å². The highest BCUT2D eigenvalue weighted by molar-refractivity contribution is 14.1. The fourth-order valence-electron chi connectivity index (χ4n) is 3.30. The van der Waals surface area contributed by atoms with Crippen molar-refractivity contribution >= 4 is 62.7 Å². The number of benzene rings is 2. The van der Waals surface area contributed by atoms with Gasteiger partial charge < -0.3 is 15.5 Å². The third-order valence-electron chi connectivity index (χ3n) is 4.93. The fraction of sp³-hybridized carbons (Fsp3) is 0.261. The number of unbranched alkanes of at least 4 members (excludes halogenated alkanes) is 2. The van der Waals surface area contributed by atoms with E-state index in [0.717, 1.165) is 22.8 Å². The Hall–Kier alpha value is -3.28. The second kappa shape index (κ2) is 11.0. The van der Waals surface area contributed by atoms with E-state index in [4.69, 9.17) is 5.11 Å². The molecular formula is C23H23IN4O5. The third-order valence-corrected chi connectivity index (χ3v) is 5.60. The standard InChI is InChI=1S/C23H23IN4O5/c1-2-3-4-5-19(29)25-16-9-6-14(7-10-16)22(32)27-26-21-17-12-15(24)8-11-18(17)28(23(21)33)13-20(30)31/h6-12,33H,2-5,13H2,1H3,(H,25,29)(H,30,31). The molecule has 0 aliphatic rings. The van der Waals surface area contributed by atoms with Gasteiger partial charge in [0.25, 0.3) is 5.91 Å². The lowest BCUT2D eigenvalue weighted by Gasteiger charge is -2.05. The summed E-state index contributed by atoms with van der Waals surface area (Å²) in [6.45, 7) is 1.61. The highest BCUT2D eigenvalue weighted by atomic mass is 127. The van der Waals surface area contributed by atoms with Crippen LogP contribution in [0.5, 0.6) is 5.88 Å². The van der Waals surface area contributed by atoms with Crippen molar-refractivity contribution < 1.29 is 24.6 Å². The first kappa shape index (κ1) is 24.4. The lowest BCUT2D eigenvalue weighted by Crippen LogP contribution is -2.11. The predicted molar refractivity (Wildman–Crippen MR) is 132 cm³/mol. The van der Waals surface area contributed by atoms with Crippen LogP contribution in [-0.4, -0.2) is 32.6 Å². The monoisotopic (exact) mass is 562 g/mol. The molecule has 0 aliphatic carbocycles. The first-order chi connectivity index (χ1) is 15.8. The van der Waals surface area contributed by atoms with Crippen LogP contribution >= 0.6 is 22.6 Å². The van der Waals surface area contributed by atoms with E-state index in [1.165, 1.54) is 16.7 Å². The summed E-state index contributed by atoms with van der Waals surface area (Å²) >= 11 is 2.09. The molecular weight excluding hydrogens is 539 g/mol. The number of fused-ring (bicyclic) bond motifs is 1. The number of halogens is 1. The van der Waals surface area contributed by atoms with Crippen LogP contribution in [-0.2, 0) is 16.1 Å². The molecule has 0 fully saturated rings. The molecule has 172 valence electrons. The maximum atomic E-state index is 12.5. The predicted octanol–water partition coefficient (Wildman–Crippen LogP) is 5.48. The minimum Gasteiger partial charge on any atom is -0.493 e. The number of hydrogen-bond acceptors (Lipinski definition) is 5. The largest absolute Gasteiger partial charge is 0.493 e. The van der Waals surface area contributed by atoms with Crippen molar-refractivity contribution in [3.63, 3.8) is 0 Å². The van der Waals surface area contributed by atoms with Crippen LogP contribution in [0.3, 0.4) is 0 Å². The summed E-state index contributed by atoms with van der Waals surface area (Å²) in [5.74, 6) is -2.23. The lowest BCUT2D eigenvalue weighted by atomic mass is 10.2. The zero-order valence-electron chi connectivity index (χ0n) is 17.9. The van der Waals surface area contributed by atoms with E-state index in [9.17, 15) is 19.5 Å². The van der Waals surface area contributed by atoms with Crippen LogP contribution in [0.15, 0.2) is 52.7 Å². The number of amides is 2. The summed E-state index contributed by atoms with van der Waals surface area (Å²) < 4.78 is 2.05. The van der Waals surface area contributed by atoms with Gasteiger partial charge in [0, 0.05) is 26.6 Å². The second-order valence-electron chi connectivity index (χ2n) is 7.40. The molecule has 9 nitrogen and oxygen atoms in total. The van der Waals surface area contributed by atoms with E-state index in [0.29, 0.717) is 23.0 Å². The number of carboxylic acids is 1. The fourth-order valence-corrected chi connectivity index (χ4v) is 3.79. The molecule has 3 aromatic rings. The van der Waals surface area contributed by atoms with Gasteiger partial charge in [-0.25, -0.2) is 0 Å². The topological polar surface area (TPSA) is 133 Å². The van der Waals surface area contributed by atoms with Crippen molar-refractivity contribution in [2.45, 2.75) is 39.2 Å². The molecule has 0 saturated heterocycles. The Morgan fingerprint density at radius 1 is 1.09 bits per heavy atom. The van der Waals surface area contributed by atoms with Gasteiger partial charge in [-0.3, -0.25) is 19.0 Å². The van der Waals surface area contributed by atoms with Crippen LogP contribution < -0.4 is 5.32 Å². The maximum absolute atomic E-state index is 12.5. The van der Waals surface area contributed by atoms with Crippen molar-refractivity contribution in [2.75, 3.05) is 5.32 Å². The number of carboxylic acid groups (broad SMARTS) is 1. The van der Waals surface area contributed by atoms with E-state index in [2.05, 4.69) is 45.1 Å². The Labute approximate surface area is 203 Å². The van der Waals surface area contributed by atoms with Crippen molar-refractivity contribution in [3.05, 3.63) is 51.6 Å². The molecule has 0 atom stereocenters. The maximum Gasteiger partial charge on any atom is 0.323 e. The SMILES string of the molecule is CCCCCC(=O)Nc1ccc(C(=O)N=Nc2c(O)n(CC(=O)O)c3ccc(I)cc23)cc1. The van der Waals surface area contributed by atoms with Crippen LogP contribution in [0.1, 0.15) is 43.0 Å². The molecule has 0 saturated carbocycles. The lowest BCUT2D eigenvalue weighted by molar-refractivity contribution is -0.137. The number of rotatable bonds is 9. The van der Waals surface area contributed by atoms with Crippen LogP contribution in [0.25, 0.3) is 10.9 Å². The minimum atomic E-state index is -1.13. The number of azo groups is 1. The van der Waals surface area contributed by atoms with Crippen LogP contribution in [0.4, 0.5) is 11.4 Å². The van der Waals surface area contributed by atoms with Gasteiger partial charge in [-0.05, 0) is 71.5 Å². The van der Waals surface area contributed by atoms with Gasteiger partial charge in [0.05, 0.1) is 5.52 Å². The van der Waals surface area contributed by atoms with Gasteiger partial charge in [0.2, 0.25) is 11.8 Å². The van der Waals surface area contributed by atoms with Crippen molar-refractivity contribution in [2.24, 2.45) is 10.2 Å². The molecule has 0 radical (unpaired) electrons. The number of aromatic hydroxyl groups is 1. The summed E-state index contributed by atoms with van der Waals surface area (Å²) in [5.41, 5.74) is 1.32. The number of carbonyl (C=O) groups excluding carboxylic acids is 2. The summed E-state index contributed by atoms with van der Waals surface area (Å²) in [7, 11) is 0. The zero-order valence-corrected chi connectivity index (χ0v) is 20.1. The molecule has 10 heteroatoms. The summed E-state index contributed by atoms with van der Waals surface area (Å²) in [6.07, 6.45) is 3.31. The molecule has 1 heterocycles. The quantitative estimate of drug-likeness (QED) is 0.181. The van der Waals surface area contributed by atoms with Gasteiger partial charge in [0.15, 0.2) is 5.69 Å². The summed E-state index contributed by atoms with van der Waals surface area (Å²) in [5, 5.41) is 30.6. The smallest absolute Gasteiger partial charge is 0.323 e. The molecule has 2 aromatic carbocycles. The summed E-state index contributed by atoms with van der Waals surface area (Å²) in [4.78, 5) is 35.6. The van der Waals surface area contributed by atoms with Gasteiger partial charge in [-0.15, -0.1) is 10.2 Å². The van der Waals surface area contributed by atoms with Gasteiger partial charge in [0.1, 0.15) is 6.54 Å². The van der Waals surface area contributed by atoms with Crippen molar-refractivity contribution in [1.29, 1.82) is 0 Å². The number of nitrogens with zero attached hydrogens (tertiary/aromatic N) is 3. The Kier molecular flexibility index (Phi) is 8.15. The molecule has 3 rings (SSSR count). The Balaban J connectivity index is 1.78. The number of aromatic nitrogens is 1. The average molecular weight is 562 g/mol. The number of aliphatic carboxylic acids is 1. The molecule has 0 aliphatic heterocycles. The molecule has 0 bridgehead atoms. The van der Waals surface area contributed by atoms with E-state index < -0.39 is 18.4 Å². The number of nitrogens with one attached hydrogen (secondary N) is 1. The highest BCUT2D eigenvalue weighted by Gasteiger charge is 2.19. The van der Waals surface area contributed by atoms with Crippen molar-refractivity contribution in [3.8, 4) is 5.88 Å². The normalized spacial score (nSPS) is 11.2. The van der Waals surface area contributed by atoms with E-state index in [1.807, 2.05) is 0 Å². The third kappa shape index (κ3) is 6.15. The first-order valence-electron chi connectivity index (χ1n) is 10.4. The number of hydrogen-bond donors (Lipinski definition) is 3. The Morgan fingerprint density at radius 2 is 1.82 bits per heavy atom. The first-order valence-corrected chi connectivity index (χ1v) is 11.5. The van der Waals surface area contributed by atoms with Gasteiger partial charge in [-0.2, -0.15) is 0 Å². The second-order valence-corrected chi connectivity index (χ2v) is 8.65. The molecule has 0 spiro atoms. The molecule has 3 N–H and O–H groups in total. The van der Waals surface area contributed by atoms with Gasteiger partial charge >= 0.3 is 5.97 Å². The van der Waals surface area contributed by atoms with Gasteiger partial charge in [-0.1, -0.05) is 19.8 Å².